The molecule has 2 rings (SSSR count). The molecule has 1 fully saturated rings. The molecule has 0 spiro atoms. The summed E-state index contributed by atoms with van der Waals surface area (Å²) in [6.07, 6.45) is 2.26. The first kappa shape index (κ1) is 24.7. The van der Waals surface area contributed by atoms with Crippen LogP contribution < -0.4 is 5.32 Å². The second kappa shape index (κ2) is 13.7. The number of nitrogens with zero attached hydrogens (tertiary/aromatic N) is 1. The first-order valence-corrected chi connectivity index (χ1v) is 12.2. The Balaban J connectivity index is 1.75. The lowest BCUT2D eigenvalue weighted by atomic mass is 10.0. The van der Waals surface area contributed by atoms with Gasteiger partial charge in [-0.05, 0) is 12.0 Å². The highest BCUT2D eigenvalue weighted by molar-refractivity contribution is 7.89. The second-order valence-corrected chi connectivity index (χ2v) is 9.14. The summed E-state index contributed by atoms with van der Waals surface area (Å²) in [7, 11) is -3.58. The van der Waals surface area contributed by atoms with Gasteiger partial charge in [-0.15, -0.1) is 0 Å². The van der Waals surface area contributed by atoms with E-state index in [4.69, 9.17) is 14.2 Å². The van der Waals surface area contributed by atoms with Gasteiger partial charge in [0.25, 0.3) is 0 Å². The third kappa shape index (κ3) is 8.69. The van der Waals surface area contributed by atoms with E-state index < -0.39 is 16.1 Å². The average molecular weight is 443 g/mol. The summed E-state index contributed by atoms with van der Waals surface area (Å²) < 4.78 is 43.6. The molecular weight excluding hydrogens is 408 g/mol. The summed E-state index contributed by atoms with van der Waals surface area (Å²) in [5, 5.41) is 2.76. The quantitative estimate of drug-likeness (QED) is 0.441. The molecule has 1 aromatic rings. The van der Waals surface area contributed by atoms with E-state index in [2.05, 4.69) is 12.2 Å². The van der Waals surface area contributed by atoms with Crippen molar-refractivity contribution in [3.05, 3.63) is 35.9 Å². The molecule has 0 aromatic heterocycles. The van der Waals surface area contributed by atoms with Crippen molar-refractivity contribution in [1.29, 1.82) is 0 Å². The van der Waals surface area contributed by atoms with Gasteiger partial charge in [0.1, 0.15) is 0 Å². The van der Waals surface area contributed by atoms with E-state index in [0.717, 1.165) is 25.0 Å². The van der Waals surface area contributed by atoms with Crippen LogP contribution in [0.5, 0.6) is 0 Å². The zero-order valence-electron chi connectivity index (χ0n) is 17.8. The minimum absolute atomic E-state index is 0.0814. The number of unbranched alkanes of at least 4 members (excludes halogenated alkanes) is 1. The van der Waals surface area contributed by atoms with E-state index >= 15 is 0 Å². The Bertz CT molecular complexity index is 713. The Hall–Kier alpha value is -1.52. The number of rotatable bonds is 14. The predicted octanol–water partition coefficient (Wildman–Crippen LogP) is 1.73. The van der Waals surface area contributed by atoms with E-state index in [0.29, 0.717) is 33.0 Å². The van der Waals surface area contributed by atoms with Crippen LogP contribution in [0, 0.1) is 0 Å². The molecule has 170 valence electrons. The minimum Gasteiger partial charge on any atom is -0.379 e. The molecule has 1 aliphatic heterocycles. The van der Waals surface area contributed by atoms with Crippen molar-refractivity contribution >= 4 is 15.9 Å². The largest absolute Gasteiger partial charge is 0.379 e. The molecule has 0 radical (unpaired) electrons. The molecule has 0 saturated carbocycles. The van der Waals surface area contributed by atoms with Crippen LogP contribution in [0.1, 0.15) is 37.8 Å². The Morgan fingerprint density at radius 1 is 1.00 bits per heavy atom. The number of hydrogen-bond donors (Lipinski definition) is 1. The normalized spacial score (nSPS) is 18.2. The van der Waals surface area contributed by atoms with E-state index in [-0.39, 0.29) is 31.2 Å². The van der Waals surface area contributed by atoms with Gasteiger partial charge in [0.15, 0.2) is 0 Å². The second-order valence-electron chi connectivity index (χ2n) is 7.10. The number of carbonyl (C=O) groups excluding carboxylic acids is 1. The Morgan fingerprint density at radius 3 is 2.30 bits per heavy atom. The summed E-state index contributed by atoms with van der Waals surface area (Å²) in [5.41, 5.74) is 0.814. The molecule has 1 N–H and O–H groups in total. The molecule has 0 aliphatic carbocycles. The fraction of sp³-hybridized carbons (Fsp3) is 0.667. The number of sulfonamides is 1. The highest BCUT2D eigenvalue weighted by atomic mass is 32.2. The van der Waals surface area contributed by atoms with Gasteiger partial charge < -0.3 is 19.5 Å². The molecule has 1 aliphatic rings. The van der Waals surface area contributed by atoms with Gasteiger partial charge in [0.05, 0.1) is 44.8 Å². The molecule has 1 aromatic carbocycles. The number of carbonyl (C=O) groups is 1. The van der Waals surface area contributed by atoms with Gasteiger partial charge in [-0.3, -0.25) is 4.79 Å². The van der Waals surface area contributed by atoms with Crippen LogP contribution in [-0.2, 0) is 29.0 Å². The Kier molecular flexibility index (Phi) is 11.3. The fourth-order valence-electron chi connectivity index (χ4n) is 3.17. The number of ether oxygens (including phenoxy) is 3. The smallest absolute Gasteiger partial charge is 0.222 e. The first-order chi connectivity index (χ1) is 14.5. The van der Waals surface area contributed by atoms with Crippen LogP contribution in [0.25, 0.3) is 0 Å². The molecule has 30 heavy (non-hydrogen) atoms. The molecule has 0 bridgehead atoms. The van der Waals surface area contributed by atoms with Crippen molar-refractivity contribution in [2.45, 2.75) is 32.2 Å². The van der Waals surface area contributed by atoms with Gasteiger partial charge in [-0.2, -0.15) is 4.31 Å². The zero-order valence-corrected chi connectivity index (χ0v) is 18.6. The van der Waals surface area contributed by atoms with E-state index in [1.807, 2.05) is 30.3 Å². The third-order valence-electron chi connectivity index (χ3n) is 4.79. The van der Waals surface area contributed by atoms with Crippen LogP contribution in [0.3, 0.4) is 0 Å². The van der Waals surface area contributed by atoms with Crippen molar-refractivity contribution < 1.29 is 27.4 Å². The first-order valence-electron chi connectivity index (χ1n) is 10.6. The Morgan fingerprint density at radius 2 is 1.63 bits per heavy atom. The maximum absolute atomic E-state index is 12.9. The van der Waals surface area contributed by atoms with Gasteiger partial charge in [-0.25, -0.2) is 8.42 Å². The molecular formula is C21H34N2O6S. The fourth-order valence-corrected chi connectivity index (χ4v) is 4.69. The van der Waals surface area contributed by atoms with Gasteiger partial charge in [0.2, 0.25) is 15.9 Å². The SMILES string of the molecule is CCCCOCCOCCOCCS(=O)(=O)N1CCNC(=O)CC1c1ccccc1. The lowest BCUT2D eigenvalue weighted by Crippen LogP contribution is -2.39. The van der Waals surface area contributed by atoms with Gasteiger partial charge in [0, 0.05) is 26.1 Å². The van der Waals surface area contributed by atoms with E-state index in [1.165, 1.54) is 4.31 Å². The Labute approximate surface area is 179 Å². The molecule has 1 saturated heterocycles. The molecule has 1 unspecified atom stereocenters. The summed E-state index contributed by atoms with van der Waals surface area (Å²) in [6.45, 7) is 5.26. The summed E-state index contributed by atoms with van der Waals surface area (Å²) >= 11 is 0. The van der Waals surface area contributed by atoms with Crippen molar-refractivity contribution in [2.75, 3.05) is 58.5 Å². The van der Waals surface area contributed by atoms with E-state index in [1.54, 1.807) is 0 Å². The van der Waals surface area contributed by atoms with Crippen LogP contribution in [-0.4, -0.2) is 77.1 Å². The molecule has 1 amide bonds. The molecule has 1 heterocycles. The standard InChI is InChI=1S/C21H34N2O6S/c1-2-3-11-27-12-13-28-14-15-29-16-17-30(25,26)23-10-9-22-21(24)18-20(23)19-7-5-4-6-8-19/h4-8,20H,2-3,9-18H2,1H3,(H,22,24). The number of amides is 1. The monoisotopic (exact) mass is 442 g/mol. The van der Waals surface area contributed by atoms with Crippen LogP contribution in [0.2, 0.25) is 0 Å². The van der Waals surface area contributed by atoms with Crippen molar-refractivity contribution in [3.63, 3.8) is 0 Å². The number of nitrogens with one attached hydrogen (secondary N) is 1. The number of benzene rings is 1. The van der Waals surface area contributed by atoms with Crippen molar-refractivity contribution in [2.24, 2.45) is 0 Å². The summed E-state index contributed by atoms with van der Waals surface area (Å²) in [4.78, 5) is 12.0. The summed E-state index contributed by atoms with van der Waals surface area (Å²) in [6, 6.07) is 8.76. The predicted molar refractivity (Wildman–Crippen MR) is 115 cm³/mol. The van der Waals surface area contributed by atoms with Crippen molar-refractivity contribution in [1.82, 2.24) is 9.62 Å². The van der Waals surface area contributed by atoms with Crippen LogP contribution >= 0.6 is 0 Å². The third-order valence-corrected chi connectivity index (χ3v) is 6.63. The van der Waals surface area contributed by atoms with Gasteiger partial charge in [-0.1, -0.05) is 43.7 Å². The van der Waals surface area contributed by atoms with Crippen LogP contribution in [0.15, 0.2) is 30.3 Å². The maximum atomic E-state index is 12.9. The highest BCUT2D eigenvalue weighted by Crippen LogP contribution is 2.28. The molecule has 1 atom stereocenters. The lowest BCUT2D eigenvalue weighted by molar-refractivity contribution is -0.121. The lowest BCUT2D eigenvalue weighted by Gasteiger charge is -2.28. The number of hydrogen-bond acceptors (Lipinski definition) is 6. The highest BCUT2D eigenvalue weighted by Gasteiger charge is 2.34. The maximum Gasteiger partial charge on any atom is 0.222 e. The molecule has 8 nitrogen and oxygen atoms in total. The minimum atomic E-state index is -3.58. The van der Waals surface area contributed by atoms with Crippen molar-refractivity contribution in [3.8, 4) is 0 Å². The van der Waals surface area contributed by atoms with Crippen LogP contribution in [0.4, 0.5) is 0 Å². The zero-order chi connectivity index (χ0) is 21.7. The molecule has 9 heteroatoms. The van der Waals surface area contributed by atoms with E-state index in [9.17, 15) is 13.2 Å². The summed E-state index contributed by atoms with van der Waals surface area (Å²) in [5.74, 6) is -0.279. The van der Waals surface area contributed by atoms with Gasteiger partial charge >= 0.3 is 0 Å². The average Bonchev–Trinajstić information content (AvgIpc) is 2.94. The topological polar surface area (TPSA) is 94.2 Å².